The summed E-state index contributed by atoms with van der Waals surface area (Å²) in [6, 6.07) is 9.97. The lowest BCUT2D eigenvalue weighted by Crippen LogP contribution is -2.10. The zero-order valence-electron chi connectivity index (χ0n) is 14.1. The Morgan fingerprint density at radius 2 is 2.08 bits per heavy atom. The van der Waals surface area contributed by atoms with Crippen molar-refractivity contribution in [2.75, 3.05) is 30.9 Å². The molecule has 0 saturated heterocycles. The minimum Gasteiger partial charge on any atom is -0.494 e. The quantitative estimate of drug-likeness (QED) is 0.600. The molecular formula is C18H18FN5O2. The van der Waals surface area contributed by atoms with E-state index in [1.807, 2.05) is 12.1 Å². The number of benzene rings is 1. The van der Waals surface area contributed by atoms with Crippen molar-refractivity contribution >= 4 is 17.5 Å². The van der Waals surface area contributed by atoms with Gasteiger partial charge in [0, 0.05) is 42.3 Å². The van der Waals surface area contributed by atoms with Crippen LogP contribution in [-0.2, 0) is 0 Å². The van der Waals surface area contributed by atoms with E-state index < -0.39 is 5.82 Å². The summed E-state index contributed by atoms with van der Waals surface area (Å²) in [7, 11) is 1.41. The highest BCUT2D eigenvalue weighted by Crippen LogP contribution is 2.25. The third kappa shape index (κ3) is 4.22. The van der Waals surface area contributed by atoms with E-state index in [4.69, 9.17) is 9.84 Å². The number of halogens is 1. The molecule has 3 N–H and O–H groups in total. The van der Waals surface area contributed by atoms with Gasteiger partial charge in [-0.15, -0.1) is 0 Å². The van der Waals surface area contributed by atoms with Gasteiger partial charge in [0.25, 0.3) is 0 Å². The number of aromatic nitrogens is 3. The summed E-state index contributed by atoms with van der Waals surface area (Å²) in [5.41, 5.74) is 1.98. The van der Waals surface area contributed by atoms with Crippen molar-refractivity contribution in [2.24, 2.45) is 0 Å². The van der Waals surface area contributed by atoms with Gasteiger partial charge in [-0.05, 0) is 24.3 Å². The molecule has 0 saturated carbocycles. The van der Waals surface area contributed by atoms with E-state index in [1.165, 1.54) is 19.2 Å². The SMILES string of the molecule is COc1ccc(Nc2cc(-c3cccnc3)nc(NCCO)n2)cc1F. The first kappa shape index (κ1) is 17.6. The summed E-state index contributed by atoms with van der Waals surface area (Å²) in [5, 5.41) is 15.0. The Balaban J connectivity index is 1.93. The molecule has 0 aliphatic heterocycles. The third-order valence-corrected chi connectivity index (χ3v) is 3.50. The molecule has 0 bridgehead atoms. The molecule has 134 valence electrons. The van der Waals surface area contributed by atoms with Crippen LogP contribution in [0.4, 0.5) is 21.8 Å². The van der Waals surface area contributed by atoms with Crippen molar-refractivity contribution in [3.05, 3.63) is 54.6 Å². The van der Waals surface area contributed by atoms with Crippen LogP contribution in [0.15, 0.2) is 48.8 Å². The number of hydrogen-bond acceptors (Lipinski definition) is 7. The highest BCUT2D eigenvalue weighted by molar-refractivity contribution is 5.67. The number of anilines is 3. The summed E-state index contributed by atoms with van der Waals surface area (Å²) in [6.07, 6.45) is 3.36. The number of aliphatic hydroxyl groups excluding tert-OH is 1. The molecule has 0 fully saturated rings. The second-order valence-electron chi connectivity index (χ2n) is 5.33. The molecule has 0 unspecified atom stereocenters. The van der Waals surface area contributed by atoms with Crippen molar-refractivity contribution in [2.45, 2.75) is 0 Å². The Labute approximate surface area is 149 Å². The van der Waals surface area contributed by atoms with Crippen molar-refractivity contribution in [1.29, 1.82) is 0 Å². The fourth-order valence-corrected chi connectivity index (χ4v) is 2.31. The van der Waals surface area contributed by atoms with Gasteiger partial charge in [0.05, 0.1) is 19.4 Å². The summed E-state index contributed by atoms with van der Waals surface area (Å²) >= 11 is 0. The average Bonchev–Trinajstić information content (AvgIpc) is 2.67. The van der Waals surface area contributed by atoms with Crippen molar-refractivity contribution in [3.8, 4) is 17.0 Å². The van der Waals surface area contributed by atoms with E-state index in [2.05, 4.69) is 25.6 Å². The van der Waals surface area contributed by atoms with Crippen LogP contribution < -0.4 is 15.4 Å². The van der Waals surface area contributed by atoms with Crippen LogP contribution in [-0.4, -0.2) is 40.3 Å². The minimum absolute atomic E-state index is 0.0487. The molecule has 8 heteroatoms. The van der Waals surface area contributed by atoms with Crippen molar-refractivity contribution in [1.82, 2.24) is 15.0 Å². The van der Waals surface area contributed by atoms with Crippen LogP contribution >= 0.6 is 0 Å². The van der Waals surface area contributed by atoms with Gasteiger partial charge in [-0.1, -0.05) is 0 Å². The van der Waals surface area contributed by atoms with Gasteiger partial charge in [-0.25, -0.2) is 9.37 Å². The molecule has 3 aromatic rings. The van der Waals surface area contributed by atoms with Gasteiger partial charge in [-0.2, -0.15) is 4.98 Å². The first-order valence-electron chi connectivity index (χ1n) is 7.94. The molecule has 2 aromatic heterocycles. The Morgan fingerprint density at radius 1 is 1.19 bits per heavy atom. The van der Waals surface area contributed by atoms with Crippen molar-refractivity contribution in [3.63, 3.8) is 0 Å². The lowest BCUT2D eigenvalue weighted by atomic mass is 10.2. The summed E-state index contributed by atoms with van der Waals surface area (Å²) in [5.74, 6) is 0.512. The van der Waals surface area contributed by atoms with E-state index in [1.54, 1.807) is 24.5 Å². The number of aliphatic hydroxyl groups is 1. The Bertz CT molecular complexity index is 877. The predicted octanol–water partition coefficient (Wildman–Crippen LogP) is 2.83. The average molecular weight is 355 g/mol. The maximum Gasteiger partial charge on any atom is 0.225 e. The van der Waals surface area contributed by atoms with E-state index in [-0.39, 0.29) is 12.4 Å². The van der Waals surface area contributed by atoms with Gasteiger partial charge < -0.3 is 20.5 Å². The highest BCUT2D eigenvalue weighted by atomic mass is 19.1. The molecule has 1 aromatic carbocycles. The summed E-state index contributed by atoms with van der Waals surface area (Å²) in [4.78, 5) is 12.9. The topological polar surface area (TPSA) is 92.2 Å². The monoisotopic (exact) mass is 355 g/mol. The molecule has 7 nitrogen and oxygen atoms in total. The predicted molar refractivity (Wildman–Crippen MR) is 97.1 cm³/mol. The molecule has 2 heterocycles. The first-order valence-corrected chi connectivity index (χ1v) is 7.94. The van der Waals surface area contributed by atoms with Crippen LogP contribution in [0, 0.1) is 5.82 Å². The maximum absolute atomic E-state index is 13.9. The maximum atomic E-state index is 13.9. The van der Waals surface area contributed by atoms with Crippen LogP contribution in [0.5, 0.6) is 5.75 Å². The normalized spacial score (nSPS) is 10.4. The summed E-state index contributed by atoms with van der Waals surface area (Å²) < 4.78 is 18.8. The fourth-order valence-electron chi connectivity index (χ4n) is 2.31. The molecule has 0 radical (unpaired) electrons. The van der Waals surface area contributed by atoms with Gasteiger partial charge in [0.2, 0.25) is 5.95 Å². The number of rotatable bonds is 7. The number of nitrogens with zero attached hydrogens (tertiary/aromatic N) is 3. The van der Waals surface area contributed by atoms with E-state index in [0.29, 0.717) is 29.7 Å². The van der Waals surface area contributed by atoms with Crippen LogP contribution in [0.2, 0.25) is 0 Å². The molecule has 0 aliphatic carbocycles. The van der Waals surface area contributed by atoms with E-state index >= 15 is 0 Å². The molecule has 0 aliphatic rings. The van der Waals surface area contributed by atoms with E-state index in [0.717, 1.165) is 5.56 Å². The summed E-state index contributed by atoms with van der Waals surface area (Å²) in [6.45, 7) is 0.264. The molecule has 0 amide bonds. The standard InChI is InChI=1S/C18H18FN5O2/c1-26-16-5-4-13(9-14(16)19)22-17-10-15(12-3-2-6-20-11-12)23-18(24-17)21-7-8-25/h2-6,9-11,25H,7-8H2,1H3,(H2,21,22,23,24). The second-order valence-corrected chi connectivity index (χ2v) is 5.33. The number of methoxy groups -OCH3 is 1. The number of hydrogen-bond donors (Lipinski definition) is 3. The molecule has 0 atom stereocenters. The van der Waals surface area contributed by atoms with Crippen LogP contribution in [0.3, 0.4) is 0 Å². The lowest BCUT2D eigenvalue weighted by molar-refractivity contribution is 0.311. The zero-order valence-corrected chi connectivity index (χ0v) is 14.1. The van der Waals surface area contributed by atoms with Crippen molar-refractivity contribution < 1.29 is 14.2 Å². The molecule has 0 spiro atoms. The van der Waals surface area contributed by atoms with Crippen LogP contribution in [0.25, 0.3) is 11.3 Å². The smallest absolute Gasteiger partial charge is 0.225 e. The Hall–Kier alpha value is -3.26. The Morgan fingerprint density at radius 3 is 2.77 bits per heavy atom. The fraction of sp³-hybridized carbons (Fsp3) is 0.167. The highest BCUT2D eigenvalue weighted by Gasteiger charge is 2.09. The minimum atomic E-state index is -0.474. The van der Waals surface area contributed by atoms with E-state index in [9.17, 15) is 4.39 Å². The molecule has 3 rings (SSSR count). The van der Waals surface area contributed by atoms with Gasteiger partial charge in [0.1, 0.15) is 5.82 Å². The van der Waals surface area contributed by atoms with Crippen LogP contribution in [0.1, 0.15) is 0 Å². The number of nitrogens with one attached hydrogen (secondary N) is 2. The largest absolute Gasteiger partial charge is 0.494 e. The lowest BCUT2D eigenvalue weighted by Gasteiger charge is -2.11. The third-order valence-electron chi connectivity index (χ3n) is 3.50. The number of ether oxygens (including phenoxy) is 1. The second kappa shape index (κ2) is 8.21. The van der Waals surface area contributed by atoms with Gasteiger partial charge in [-0.3, -0.25) is 4.98 Å². The zero-order chi connectivity index (χ0) is 18.4. The first-order chi connectivity index (χ1) is 12.7. The Kier molecular flexibility index (Phi) is 5.55. The molecular weight excluding hydrogens is 337 g/mol. The molecule has 26 heavy (non-hydrogen) atoms. The van der Waals surface area contributed by atoms with Gasteiger partial charge in [0.15, 0.2) is 11.6 Å². The number of pyridine rings is 1. The van der Waals surface area contributed by atoms with Gasteiger partial charge >= 0.3 is 0 Å².